The minimum absolute atomic E-state index is 0.0442. The van der Waals surface area contributed by atoms with Gasteiger partial charge in [0.15, 0.2) is 0 Å². The van der Waals surface area contributed by atoms with E-state index in [0.29, 0.717) is 46.0 Å². The lowest BCUT2D eigenvalue weighted by atomic mass is 10.1. The lowest BCUT2D eigenvalue weighted by Gasteiger charge is -2.31. The third kappa shape index (κ3) is 4.90. The number of rotatable bonds is 6. The van der Waals surface area contributed by atoms with Gasteiger partial charge in [-0.3, -0.25) is 13.9 Å². The van der Waals surface area contributed by atoms with E-state index < -0.39 is 5.97 Å². The smallest absolute Gasteiger partial charge is 0.335 e. The highest BCUT2D eigenvalue weighted by Crippen LogP contribution is 2.24. The molecule has 0 radical (unpaired) electrons. The number of ether oxygens (including phenoxy) is 1. The van der Waals surface area contributed by atoms with Crippen LogP contribution in [0.1, 0.15) is 39.1 Å². The van der Waals surface area contributed by atoms with Crippen LogP contribution < -0.4 is 5.69 Å². The highest BCUT2D eigenvalue weighted by Gasteiger charge is 2.24. The van der Waals surface area contributed by atoms with Crippen molar-refractivity contribution < 1.29 is 19.4 Å². The average Bonchev–Trinajstić information content (AvgIpc) is 3.18. The number of hydrogen-bond acceptors (Lipinski definition) is 4. The van der Waals surface area contributed by atoms with Crippen molar-refractivity contribution in [2.75, 3.05) is 20.2 Å². The standard InChI is InChI=1S/C28H26ClN3O5/c1-37-23-11-13-30(14-12-23)26(33)19-5-8-22(9-6-19)32-25-16-21(29)7-10-24(25)31(28(32)36)17-18-3-2-4-20(15-18)27(34)35/h2-10,15-16,23H,11-14,17H2,1H3,(H,34,35). The number of imidazole rings is 1. The molecule has 2 heterocycles. The molecule has 1 aliphatic rings. The number of benzene rings is 3. The fourth-order valence-electron chi connectivity index (χ4n) is 4.85. The van der Waals surface area contributed by atoms with E-state index in [1.54, 1.807) is 76.9 Å². The Bertz CT molecular complexity index is 1530. The summed E-state index contributed by atoms with van der Waals surface area (Å²) in [5.74, 6) is -1.07. The second-order valence-corrected chi connectivity index (χ2v) is 9.55. The quantitative estimate of drug-likeness (QED) is 0.406. The maximum Gasteiger partial charge on any atom is 0.335 e. The monoisotopic (exact) mass is 519 g/mol. The van der Waals surface area contributed by atoms with Crippen LogP contribution in [0.5, 0.6) is 0 Å². The molecular formula is C28H26ClN3O5. The van der Waals surface area contributed by atoms with Crippen LogP contribution in [0.2, 0.25) is 5.02 Å². The SMILES string of the molecule is COC1CCN(C(=O)c2ccc(-n3c(=O)n(Cc4cccc(C(=O)O)c4)c4ccc(Cl)cc43)cc2)CC1. The molecule has 1 N–H and O–H groups in total. The van der Waals surface area contributed by atoms with Crippen LogP contribution in [0.3, 0.4) is 0 Å². The molecule has 3 aromatic carbocycles. The molecule has 9 heteroatoms. The van der Waals surface area contributed by atoms with E-state index in [9.17, 15) is 19.5 Å². The third-order valence-corrected chi connectivity index (χ3v) is 7.08. The fraction of sp³-hybridized carbons (Fsp3) is 0.250. The number of likely N-dealkylation sites (tertiary alicyclic amines) is 1. The molecule has 1 amide bonds. The molecule has 5 rings (SSSR count). The number of halogens is 1. The van der Waals surface area contributed by atoms with Crippen LogP contribution in [-0.2, 0) is 11.3 Å². The van der Waals surface area contributed by atoms with Gasteiger partial charge in [0, 0.05) is 30.8 Å². The highest BCUT2D eigenvalue weighted by molar-refractivity contribution is 6.31. The molecule has 1 aromatic heterocycles. The first kappa shape index (κ1) is 24.8. The van der Waals surface area contributed by atoms with Crippen molar-refractivity contribution in [2.45, 2.75) is 25.5 Å². The summed E-state index contributed by atoms with van der Waals surface area (Å²) in [6, 6.07) is 18.7. The van der Waals surface area contributed by atoms with Crippen molar-refractivity contribution in [3.8, 4) is 5.69 Å². The first-order valence-corrected chi connectivity index (χ1v) is 12.4. The molecule has 1 saturated heterocycles. The van der Waals surface area contributed by atoms with Gasteiger partial charge >= 0.3 is 11.7 Å². The molecule has 0 atom stereocenters. The number of methoxy groups -OCH3 is 1. The summed E-state index contributed by atoms with van der Waals surface area (Å²) in [6.45, 7) is 1.49. The number of carboxylic acid groups (broad SMARTS) is 1. The van der Waals surface area contributed by atoms with Crippen molar-refractivity contribution in [2.24, 2.45) is 0 Å². The van der Waals surface area contributed by atoms with Crippen molar-refractivity contribution in [3.05, 3.63) is 98.9 Å². The van der Waals surface area contributed by atoms with Crippen molar-refractivity contribution >= 4 is 34.5 Å². The second kappa shape index (κ2) is 10.2. The van der Waals surface area contributed by atoms with E-state index in [4.69, 9.17) is 16.3 Å². The fourth-order valence-corrected chi connectivity index (χ4v) is 5.01. The zero-order valence-corrected chi connectivity index (χ0v) is 21.0. The number of aromatic nitrogens is 2. The molecule has 0 aliphatic carbocycles. The zero-order valence-electron chi connectivity index (χ0n) is 20.3. The number of hydrogen-bond donors (Lipinski definition) is 1. The van der Waals surface area contributed by atoms with Gasteiger partial charge in [-0.05, 0) is 73.0 Å². The molecule has 8 nitrogen and oxygen atoms in total. The Morgan fingerprint density at radius 1 is 0.973 bits per heavy atom. The van der Waals surface area contributed by atoms with Crippen LogP contribution >= 0.6 is 11.6 Å². The molecule has 0 bridgehead atoms. The van der Waals surface area contributed by atoms with Crippen molar-refractivity contribution in [1.82, 2.24) is 14.0 Å². The van der Waals surface area contributed by atoms with Crippen LogP contribution in [0.15, 0.2) is 71.5 Å². The molecule has 190 valence electrons. The number of carbonyl (C=O) groups excluding carboxylic acids is 1. The second-order valence-electron chi connectivity index (χ2n) is 9.12. The first-order chi connectivity index (χ1) is 17.9. The number of carbonyl (C=O) groups is 2. The van der Waals surface area contributed by atoms with Crippen LogP contribution in [0.25, 0.3) is 16.7 Å². The first-order valence-electron chi connectivity index (χ1n) is 12.0. The van der Waals surface area contributed by atoms with Gasteiger partial charge in [0.05, 0.1) is 34.9 Å². The number of amides is 1. The number of aromatic carboxylic acids is 1. The number of carboxylic acids is 1. The van der Waals surface area contributed by atoms with Gasteiger partial charge in [-0.2, -0.15) is 0 Å². The summed E-state index contributed by atoms with van der Waals surface area (Å²) in [4.78, 5) is 39.9. The minimum atomic E-state index is -1.03. The Labute approximate surface area is 218 Å². The summed E-state index contributed by atoms with van der Waals surface area (Å²) >= 11 is 6.28. The van der Waals surface area contributed by atoms with E-state index in [-0.39, 0.29) is 29.8 Å². The van der Waals surface area contributed by atoms with Gasteiger partial charge in [-0.1, -0.05) is 23.7 Å². The Kier molecular flexibility index (Phi) is 6.86. The summed E-state index contributed by atoms with van der Waals surface area (Å²) in [6.07, 6.45) is 1.81. The van der Waals surface area contributed by atoms with Crippen LogP contribution in [-0.4, -0.2) is 57.3 Å². The zero-order chi connectivity index (χ0) is 26.1. The predicted molar refractivity (Wildman–Crippen MR) is 141 cm³/mol. The van der Waals surface area contributed by atoms with E-state index in [0.717, 1.165) is 12.8 Å². The highest BCUT2D eigenvalue weighted by atomic mass is 35.5. The summed E-state index contributed by atoms with van der Waals surface area (Å²) in [5.41, 5.74) is 2.99. The van der Waals surface area contributed by atoms with Gasteiger partial charge in [0.1, 0.15) is 0 Å². The number of piperidine rings is 1. The third-order valence-electron chi connectivity index (χ3n) is 6.84. The minimum Gasteiger partial charge on any atom is -0.478 e. The molecule has 1 aliphatic heterocycles. The number of fused-ring (bicyclic) bond motifs is 1. The Morgan fingerprint density at radius 3 is 2.38 bits per heavy atom. The molecule has 0 unspecified atom stereocenters. The molecule has 1 fully saturated rings. The Morgan fingerprint density at radius 2 is 1.70 bits per heavy atom. The Hall–Kier alpha value is -3.88. The number of nitrogens with zero attached hydrogens (tertiary/aromatic N) is 3. The Balaban J connectivity index is 1.49. The van der Waals surface area contributed by atoms with E-state index in [1.165, 1.54) is 6.07 Å². The van der Waals surface area contributed by atoms with Gasteiger partial charge < -0.3 is 14.7 Å². The average molecular weight is 520 g/mol. The van der Waals surface area contributed by atoms with Crippen LogP contribution in [0, 0.1) is 0 Å². The summed E-state index contributed by atoms with van der Waals surface area (Å²) < 4.78 is 8.54. The maximum absolute atomic E-state index is 13.6. The molecule has 0 spiro atoms. The van der Waals surface area contributed by atoms with E-state index >= 15 is 0 Å². The largest absolute Gasteiger partial charge is 0.478 e. The van der Waals surface area contributed by atoms with Crippen molar-refractivity contribution in [3.63, 3.8) is 0 Å². The van der Waals surface area contributed by atoms with Gasteiger partial charge in [0.2, 0.25) is 0 Å². The topological polar surface area (TPSA) is 93.8 Å². The van der Waals surface area contributed by atoms with E-state index in [1.807, 2.05) is 4.90 Å². The summed E-state index contributed by atoms with van der Waals surface area (Å²) in [7, 11) is 1.69. The molecule has 4 aromatic rings. The van der Waals surface area contributed by atoms with Gasteiger partial charge in [0.25, 0.3) is 5.91 Å². The van der Waals surface area contributed by atoms with Crippen LogP contribution in [0.4, 0.5) is 0 Å². The lowest BCUT2D eigenvalue weighted by molar-refractivity contribution is 0.0350. The lowest BCUT2D eigenvalue weighted by Crippen LogP contribution is -2.40. The molecule has 37 heavy (non-hydrogen) atoms. The van der Waals surface area contributed by atoms with Gasteiger partial charge in [-0.15, -0.1) is 0 Å². The predicted octanol–water partition coefficient (Wildman–Crippen LogP) is 4.44. The van der Waals surface area contributed by atoms with Crippen molar-refractivity contribution in [1.29, 1.82) is 0 Å². The van der Waals surface area contributed by atoms with Gasteiger partial charge in [-0.25, -0.2) is 9.59 Å². The molecule has 0 saturated carbocycles. The normalized spacial score (nSPS) is 14.3. The molecular weight excluding hydrogens is 494 g/mol. The maximum atomic E-state index is 13.6. The van der Waals surface area contributed by atoms with E-state index in [2.05, 4.69) is 0 Å². The summed E-state index contributed by atoms with van der Waals surface area (Å²) in [5, 5.41) is 9.82.